The molecule has 0 aliphatic rings. The summed E-state index contributed by atoms with van der Waals surface area (Å²) in [6, 6.07) is 10.1. The topological polar surface area (TPSA) is 34.4 Å². The minimum absolute atomic E-state index is 0.194. The van der Waals surface area contributed by atoms with Crippen LogP contribution in [0.1, 0.15) is 24.3 Å². The van der Waals surface area contributed by atoms with Gasteiger partial charge in [0.25, 0.3) is 0 Å². The minimum atomic E-state index is 0.194. The highest BCUT2D eigenvalue weighted by Crippen LogP contribution is 2.25. The van der Waals surface area contributed by atoms with Crippen molar-refractivity contribution in [3.63, 3.8) is 0 Å². The van der Waals surface area contributed by atoms with Gasteiger partial charge in [-0.2, -0.15) is 0 Å². The Balaban J connectivity index is 1.75. The summed E-state index contributed by atoms with van der Waals surface area (Å²) in [5.74, 6) is 1.81. The highest BCUT2D eigenvalue weighted by molar-refractivity contribution is 9.10. The third-order valence-electron chi connectivity index (χ3n) is 2.87. The molecule has 0 fully saturated rings. The van der Waals surface area contributed by atoms with Gasteiger partial charge in [0.2, 0.25) is 0 Å². The number of ether oxygens (including phenoxy) is 1. The van der Waals surface area contributed by atoms with Crippen molar-refractivity contribution in [3.8, 4) is 5.75 Å². The van der Waals surface area contributed by atoms with Gasteiger partial charge in [0.05, 0.1) is 16.8 Å². The van der Waals surface area contributed by atoms with E-state index in [0.29, 0.717) is 6.61 Å². The van der Waals surface area contributed by atoms with E-state index >= 15 is 0 Å². The molecule has 19 heavy (non-hydrogen) atoms. The molecule has 0 radical (unpaired) electrons. The van der Waals surface area contributed by atoms with Crippen LogP contribution in [-0.4, -0.2) is 13.2 Å². The largest absolute Gasteiger partial charge is 0.491 e. The van der Waals surface area contributed by atoms with Crippen LogP contribution >= 0.6 is 15.9 Å². The maximum atomic E-state index is 5.72. The van der Waals surface area contributed by atoms with Gasteiger partial charge in [-0.05, 0) is 59.6 Å². The number of aryl methyl sites for hydroxylation is 1. The molecule has 2 rings (SSSR count). The number of halogens is 1. The molecule has 102 valence electrons. The summed E-state index contributed by atoms with van der Waals surface area (Å²) in [6.45, 7) is 5.51. The average molecular weight is 324 g/mol. The van der Waals surface area contributed by atoms with Crippen LogP contribution < -0.4 is 10.1 Å². The lowest BCUT2D eigenvalue weighted by Gasteiger charge is -2.13. The Hall–Kier alpha value is -1.26. The zero-order valence-corrected chi connectivity index (χ0v) is 12.7. The molecule has 1 aromatic carbocycles. The number of benzene rings is 1. The fourth-order valence-electron chi connectivity index (χ4n) is 1.80. The number of furan rings is 1. The Morgan fingerprint density at radius 2 is 2.21 bits per heavy atom. The second-order valence-electron chi connectivity index (χ2n) is 4.47. The van der Waals surface area contributed by atoms with Gasteiger partial charge in [0, 0.05) is 6.54 Å². The number of hydrogen-bond donors (Lipinski definition) is 1. The third kappa shape index (κ3) is 4.11. The molecule has 1 unspecified atom stereocenters. The van der Waals surface area contributed by atoms with E-state index in [0.717, 1.165) is 22.5 Å². The van der Waals surface area contributed by atoms with Crippen LogP contribution in [0.3, 0.4) is 0 Å². The molecule has 3 nitrogen and oxygen atoms in total. The lowest BCUT2D eigenvalue weighted by atomic mass is 10.2. The summed E-state index contributed by atoms with van der Waals surface area (Å²) in [5.41, 5.74) is 1.21. The van der Waals surface area contributed by atoms with E-state index in [9.17, 15) is 0 Å². The molecule has 1 aromatic heterocycles. The Morgan fingerprint density at radius 3 is 2.89 bits per heavy atom. The Morgan fingerprint density at radius 1 is 1.37 bits per heavy atom. The first-order valence-electron chi connectivity index (χ1n) is 6.32. The van der Waals surface area contributed by atoms with Gasteiger partial charge in [0.15, 0.2) is 0 Å². The van der Waals surface area contributed by atoms with Crippen molar-refractivity contribution in [3.05, 3.63) is 52.4 Å². The second-order valence-corrected chi connectivity index (χ2v) is 5.33. The van der Waals surface area contributed by atoms with E-state index in [1.54, 1.807) is 6.26 Å². The minimum Gasteiger partial charge on any atom is -0.491 e. The third-order valence-corrected chi connectivity index (χ3v) is 3.49. The molecule has 1 N–H and O–H groups in total. The molecule has 0 saturated carbocycles. The fraction of sp³-hybridized carbons (Fsp3) is 0.333. The molecule has 0 aliphatic carbocycles. The van der Waals surface area contributed by atoms with Gasteiger partial charge in [0.1, 0.15) is 18.1 Å². The van der Waals surface area contributed by atoms with Crippen LogP contribution in [0, 0.1) is 6.92 Å². The van der Waals surface area contributed by atoms with E-state index in [2.05, 4.69) is 35.1 Å². The van der Waals surface area contributed by atoms with E-state index in [-0.39, 0.29) is 6.04 Å². The summed E-state index contributed by atoms with van der Waals surface area (Å²) in [5, 5.41) is 3.35. The standard InChI is InChI=1S/C15H18BrNO2/c1-11-5-6-15(13(16)10-11)19-9-7-17-12(2)14-4-3-8-18-14/h3-6,8,10,12,17H,7,9H2,1-2H3. The molecule has 0 amide bonds. The van der Waals surface area contributed by atoms with E-state index in [1.165, 1.54) is 5.56 Å². The second kappa shape index (κ2) is 6.78. The van der Waals surface area contributed by atoms with Crippen molar-refractivity contribution in [2.45, 2.75) is 19.9 Å². The lowest BCUT2D eigenvalue weighted by molar-refractivity contribution is 0.300. The van der Waals surface area contributed by atoms with Crippen molar-refractivity contribution in [1.29, 1.82) is 0 Å². The van der Waals surface area contributed by atoms with Crippen LogP contribution in [0.2, 0.25) is 0 Å². The number of nitrogens with one attached hydrogen (secondary N) is 1. The highest BCUT2D eigenvalue weighted by atomic mass is 79.9. The SMILES string of the molecule is Cc1ccc(OCCNC(C)c2ccco2)c(Br)c1. The number of rotatable bonds is 6. The molecule has 1 heterocycles. The Kier molecular flexibility index (Phi) is 5.05. The van der Waals surface area contributed by atoms with Gasteiger partial charge in [-0.1, -0.05) is 6.07 Å². The fourth-order valence-corrected chi connectivity index (χ4v) is 2.41. The van der Waals surface area contributed by atoms with Crippen LogP contribution in [0.4, 0.5) is 0 Å². The van der Waals surface area contributed by atoms with E-state index < -0.39 is 0 Å². The Bertz CT molecular complexity index is 511. The van der Waals surface area contributed by atoms with Crippen molar-refractivity contribution in [1.82, 2.24) is 5.32 Å². The smallest absolute Gasteiger partial charge is 0.133 e. The van der Waals surface area contributed by atoms with Crippen LogP contribution in [-0.2, 0) is 0 Å². The molecule has 1 atom stereocenters. The molecular weight excluding hydrogens is 306 g/mol. The van der Waals surface area contributed by atoms with Gasteiger partial charge < -0.3 is 14.5 Å². The van der Waals surface area contributed by atoms with Crippen molar-refractivity contribution < 1.29 is 9.15 Å². The molecule has 0 saturated heterocycles. The highest BCUT2D eigenvalue weighted by Gasteiger charge is 2.07. The molecule has 2 aromatic rings. The van der Waals surface area contributed by atoms with Gasteiger partial charge >= 0.3 is 0 Å². The average Bonchev–Trinajstić information content (AvgIpc) is 2.90. The summed E-state index contributed by atoms with van der Waals surface area (Å²) in [6.07, 6.45) is 1.69. The first-order chi connectivity index (χ1) is 9.16. The number of hydrogen-bond acceptors (Lipinski definition) is 3. The van der Waals surface area contributed by atoms with Crippen molar-refractivity contribution in [2.75, 3.05) is 13.2 Å². The monoisotopic (exact) mass is 323 g/mol. The van der Waals surface area contributed by atoms with Crippen LogP contribution in [0.25, 0.3) is 0 Å². The van der Waals surface area contributed by atoms with Gasteiger partial charge in [-0.25, -0.2) is 0 Å². The first-order valence-corrected chi connectivity index (χ1v) is 7.12. The van der Waals surface area contributed by atoms with Crippen LogP contribution in [0.15, 0.2) is 45.5 Å². The molecule has 0 spiro atoms. The predicted molar refractivity (Wildman–Crippen MR) is 79.5 cm³/mol. The summed E-state index contributed by atoms with van der Waals surface area (Å²) < 4.78 is 12.0. The molecular formula is C15H18BrNO2. The summed E-state index contributed by atoms with van der Waals surface area (Å²) in [7, 11) is 0. The van der Waals surface area contributed by atoms with Gasteiger partial charge in [-0.15, -0.1) is 0 Å². The normalized spacial score (nSPS) is 12.4. The molecule has 0 bridgehead atoms. The maximum absolute atomic E-state index is 5.72. The predicted octanol–water partition coefficient (Wildman–Crippen LogP) is 4.08. The zero-order chi connectivity index (χ0) is 13.7. The quantitative estimate of drug-likeness (QED) is 0.813. The molecule has 0 aliphatic heterocycles. The lowest BCUT2D eigenvalue weighted by Crippen LogP contribution is -2.24. The van der Waals surface area contributed by atoms with Crippen LogP contribution in [0.5, 0.6) is 5.75 Å². The zero-order valence-electron chi connectivity index (χ0n) is 11.2. The maximum Gasteiger partial charge on any atom is 0.133 e. The summed E-state index contributed by atoms with van der Waals surface area (Å²) >= 11 is 3.50. The van der Waals surface area contributed by atoms with E-state index in [1.807, 2.05) is 30.3 Å². The Labute approximate surface area is 122 Å². The first kappa shape index (κ1) is 14.2. The van der Waals surface area contributed by atoms with Crippen molar-refractivity contribution in [2.24, 2.45) is 0 Å². The summed E-state index contributed by atoms with van der Waals surface area (Å²) in [4.78, 5) is 0. The van der Waals surface area contributed by atoms with Crippen molar-refractivity contribution >= 4 is 15.9 Å². The van der Waals surface area contributed by atoms with E-state index in [4.69, 9.17) is 9.15 Å². The van der Waals surface area contributed by atoms with Gasteiger partial charge in [-0.3, -0.25) is 0 Å². The molecule has 4 heteroatoms.